The smallest absolute Gasteiger partial charge is 0.315 e. The zero-order valence-corrected chi connectivity index (χ0v) is 33.3. The Morgan fingerprint density at radius 1 is 0.541 bits per heavy atom. The molecule has 0 saturated heterocycles. The van der Waals surface area contributed by atoms with Crippen molar-refractivity contribution in [3.63, 3.8) is 0 Å². The Hall–Kier alpha value is -6.78. The monoisotopic (exact) mass is 912 g/mol. The molecule has 1 heterocycles. The molecule has 0 aliphatic rings. The van der Waals surface area contributed by atoms with E-state index in [9.17, 15) is 61.4 Å². The predicted molar refractivity (Wildman–Crippen MR) is 216 cm³/mol. The quantitative estimate of drug-likeness (QED) is 0.0469. The van der Waals surface area contributed by atoms with Gasteiger partial charge in [0.2, 0.25) is 11.9 Å². The van der Waals surface area contributed by atoms with Gasteiger partial charge in [0.05, 0.1) is 16.3 Å². The van der Waals surface area contributed by atoms with E-state index in [1.165, 1.54) is 24.3 Å². The Bertz CT molecular complexity index is 3440. The van der Waals surface area contributed by atoms with E-state index in [-0.39, 0.29) is 33.2 Å². The molecule has 0 unspecified atom stereocenters. The number of aromatic nitrogens is 3. The van der Waals surface area contributed by atoms with Gasteiger partial charge in [-0.1, -0.05) is 48.5 Å². The highest BCUT2D eigenvalue weighted by Crippen LogP contribution is 2.46. The molecule has 0 atom stereocenters. The van der Waals surface area contributed by atoms with E-state index in [2.05, 4.69) is 41.1 Å². The number of fused-ring (bicyclic) bond motifs is 2. The molecule has 7 rings (SSSR count). The van der Waals surface area contributed by atoms with Gasteiger partial charge in [0, 0.05) is 22.1 Å². The standard InChI is InChI=1S/C35H25FN8O13S4/c36-33-40-34(42-35(41-33)39-24-12-10-18-6-4-5-9-23(18)32(24)61(55,56)57)38-21-11-13-27(59(49,50)51)25(16-21)43-44-30-28(60(52,53)54)15-19-14-22(58(46,47)48)17-26(29(19)31(30)45)37-20-7-2-1-3-8-20/h1-17,37,45H,(H,46,47,48)(H,49,50,51)(H,52,53,54)(H,55,56,57)(H2,38,39,40,41,42)/b44-43+. The largest absolute Gasteiger partial charge is 0.505 e. The van der Waals surface area contributed by atoms with Crippen molar-refractivity contribution in [2.45, 2.75) is 19.6 Å². The number of benzene rings is 6. The minimum Gasteiger partial charge on any atom is -0.505 e. The van der Waals surface area contributed by atoms with E-state index in [0.29, 0.717) is 17.1 Å². The van der Waals surface area contributed by atoms with Crippen LogP contribution in [0, 0.1) is 6.08 Å². The fourth-order valence-electron chi connectivity index (χ4n) is 6.00. The molecule has 0 bridgehead atoms. The molecule has 61 heavy (non-hydrogen) atoms. The van der Waals surface area contributed by atoms with E-state index < -0.39 is 95.2 Å². The third-order valence-electron chi connectivity index (χ3n) is 8.49. The number of anilines is 6. The first kappa shape index (κ1) is 42.3. The van der Waals surface area contributed by atoms with E-state index in [0.717, 1.165) is 30.3 Å². The summed E-state index contributed by atoms with van der Waals surface area (Å²) in [6.45, 7) is 0. The second-order valence-corrected chi connectivity index (χ2v) is 18.1. The number of hydrogen-bond acceptors (Lipinski definition) is 17. The molecule has 0 amide bonds. The van der Waals surface area contributed by atoms with Crippen LogP contribution in [0.5, 0.6) is 5.75 Å². The maximum absolute atomic E-state index is 14.7. The number of hydrogen-bond donors (Lipinski definition) is 8. The number of para-hydroxylation sites is 1. The van der Waals surface area contributed by atoms with Crippen molar-refractivity contribution in [3.8, 4) is 5.75 Å². The zero-order valence-electron chi connectivity index (χ0n) is 30.1. The van der Waals surface area contributed by atoms with Crippen LogP contribution >= 0.6 is 0 Å². The van der Waals surface area contributed by atoms with Gasteiger partial charge >= 0.3 is 6.08 Å². The number of halogens is 1. The molecule has 21 nitrogen and oxygen atoms in total. The minimum absolute atomic E-state index is 0.111. The maximum Gasteiger partial charge on any atom is 0.315 e. The maximum atomic E-state index is 14.7. The van der Waals surface area contributed by atoms with Gasteiger partial charge in [-0.2, -0.15) is 53.0 Å². The summed E-state index contributed by atoms with van der Waals surface area (Å²) >= 11 is 0. The number of nitrogens with one attached hydrogen (secondary N) is 3. The van der Waals surface area contributed by atoms with Gasteiger partial charge in [0.15, 0.2) is 5.75 Å². The molecular weight excluding hydrogens is 888 g/mol. The number of nitrogens with zero attached hydrogens (tertiary/aromatic N) is 5. The lowest BCUT2D eigenvalue weighted by Gasteiger charge is -2.15. The van der Waals surface area contributed by atoms with Crippen LogP contribution in [0.25, 0.3) is 21.5 Å². The van der Waals surface area contributed by atoms with Gasteiger partial charge in [-0.25, -0.2) is 0 Å². The summed E-state index contributed by atoms with van der Waals surface area (Å²) in [5.74, 6) is -2.18. The third-order valence-corrected chi connectivity index (χ3v) is 12.1. The van der Waals surface area contributed by atoms with Crippen molar-refractivity contribution in [1.29, 1.82) is 0 Å². The molecule has 7 aromatic rings. The van der Waals surface area contributed by atoms with Crippen molar-refractivity contribution in [2.75, 3.05) is 16.0 Å². The molecule has 0 aliphatic carbocycles. The normalized spacial score (nSPS) is 12.5. The van der Waals surface area contributed by atoms with Crippen molar-refractivity contribution < 1.29 is 61.4 Å². The van der Waals surface area contributed by atoms with Crippen molar-refractivity contribution >= 4 is 108 Å². The van der Waals surface area contributed by atoms with Crippen molar-refractivity contribution in [2.24, 2.45) is 10.2 Å². The fraction of sp³-hybridized carbons (Fsp3) is 0. The average molecular weight is 913 g/mol. The van der Waals surface area contributed by atoms with Crippen LogP contribution in [0.2, 0.25) is 0 Å². The molecule has 6 aromatic carbocycles. The lowest BCUT2D eigenvalue weighted by atomic mass is 10.1. The Morgan fingerprint density at radius 3 is 1.85 bits per heavy atom. The topological polar surface area (TPSA) is 337 Å². The fourth-order valence-corrected chi connectivity index (χ4v) is 8.67. The highest BCUT2D eigenvalue weighted by atomic mass is 32.2. The molecule has 0 radical (unpaired) electrons. The Morgan fingerprint density at radius 2 is 1.20 bits per heavy atom. The van der Waals surface area contributed by atoms with Crippen LogP contribution in [0.4, 0.5) is 50.4 Å². The van der Waals surface area contributed by atoms with E-state index >= 15 is 0 Å². The Labute approximate surface area is 343 Å². The van der Waals surface area contributed by atoms with Crippen LogP contribution in [0.15, 0.2) is 133 Å². The number of phenolic OH excluding ortho intramolecular Hbond substituents is 1. The SMILES string of the molecule is O=S(=O)(O)c1cc(Nc2ccccc2)c2c(O)c(/N=N/c3cc(Nc4nc(F)nc(Nc5ccc6ccccc6c5S(=O)(=O)O)n4)ccc3S(=O)(=O)O)c(S(=O)(=O)O)cc2c1. The van der Waals surface area contributed by atoms with Gasteiger partial charge in [0.25, 0.3) is 40.5 Å². The van der Waals surface area contributed by atoms with E-state index in [1.54, 1.807) is 42.5 Å². The summed E-state index contributed by atoms with van der Waals surface area (Å²) in [6.07, 6.45) is -1.40. The molecule has 0 fully saturated rings. The lowest BCUT2D eigenvalue weighted by Crippen LogP contribution is -2.09. The summed E-state index contributed by atoms with van der Waals surface area (Å²) in [5, 5.41) is 26.7. The average Bonchev–Trinajstić information content (AvgIpc) is 3.15. The molecule has 8 N–H and O–H groups in total. The molecule has 0 aliphatic heterocycles. The van der Waals surface area contributed by atoms with Crippen LogP contribution < -0.4 is 16.0 Å². The molecule has 1 aromatic heterocycles. The van der Waals surface area contributed by atoms with E-state index in [1.807, 2.05) is 0 Å². The highest BCUT2D eigenvalue weighted by molar-refractivity contribution is 7.86. The van der Waals surface area contributed by atoms with Gasteiger partial charge in [-0.3, -0.25) is 18.2 Å². The van der Waals surface area contributed by atoms with Crippen LogP contribution in [0.3, 0.4) is 0 Å². The van der Waals surface area contributed by atoms with Gasteiger partial charge in [0.1, 0.15) is 26.1 Å². The summed E-state index contributed by atoms with van der Waals surface area (Å²) in [7, 11) is -20.3. The number of phenols is 1. The molecule has 314 valence electrons. The summed E-state index contributed by atoms with van der Waals surface area (Å²) < 4.78 is 154. The van der Waals surface area contributed by atoms with Crippen LogP contribution in [-0.2, 0) is 40.5 Å². The Balaban J connectivity index is 1.31. The highest BCUT2D eigenvalue weighted by Gasteiger charge is 2.27. The number of rotatable bonds is 12. The second-order valence-electron chi connectivity index (χ2n) is 12.6. The number of azo groups is 1. The first-order valence-corrected chi connectivity index (χ1v) is 22.4. The van der Waals surface area contributed by atoms with Crippen molar-refractivity contribution in [3.05, 3.63) is 109 Å². The van der Waals surface area contributed by atoms with Crippen molar-refractivity contribution in [1.82, 2.24) is 15.0 Å². The first-order valence-electron chi connectivity index (χ1n) is 16.7. The molecule has 26 heteroatoms. The summed E-state index contributed by atoms with van der Waals surface area (Å²) in [6, 6.07) is 22.0. The minimum atomic E-state index is -5.35. The van der Waals surface area contributed by atoms with Gasteiger partial charge < -0.3 is 21.1 Å². The zero-order chi connectivity index (χ0) is 44.1. The van der Waals surface area contributed by atoms with E-state index in [4.69, 9.17) is 0 Å². The third kappa shape index (κ3) is 9.20. The Kier molecular flexibility index (Phi) is 10.9. The van der Waals surface area contributed by atoms with Gasteiger partial charge in [-0.15, -0.1) is 10.2 Å². The molecule has 0 spiro atoms. The molecule has 0 saturated carbocycles. The predicted octanol–water partition coefficient (Wildman–Crippen LogP) is 6.66. The van der Waals surface area contributed by atoms with Gasteiger partial charge in [-0.05, 0) is 65.4 Å². The summed E-state index contributed by atoms with van der Waals surface area (Å²) in [4.78, 5) is 7.60. The summed E-state index contributed by atoms with van der Waals surface area (Å²) in [5.41, 5.74) is -2.08. The number of aromatic hydroxyl groups is 1. The second kappa shape index (κ2) is 15.7. The van der Waals surface area contributed by atoms with Crippen LogP contribution in [0.1, 0.15) is 0 Å². The molecular formula is C35H25FN8O13S4. The lowest BCUT2D eigenvalue weighted by molar-refractivity contribution is 0.472. The first-order chi connectivity index (χ1) is 28.6. The van der Waals surface area contributed by atoms with Crippen LogP contribution in [-0.4, -0.2) is 71.9 Å².